The van der Waals surface area contributed by atoms with Gasteiger partial charge in [0.25, 0.3) is 0 Å². The van der Waals surface area contributed by atoms with Crippen molar-refractivity contribution in [3.05, 3.63) is 66.2 Å². The molecule has 6 N–H and O–H groups in total. The zero-order valence-corrected chi connectivity index (χ0v) is 15.5. The van der Waals surface area contributed by atoms with Gasteiger partial charge in [0.05, 0.1) is 0 Å². The van der Waals surface area contributed by atoms with Crippen molar-refractivity contribution in [2.75, 3.05) is 7.05 Å². The second-order valence-electron chi connectivity index (χ2n) is 4.72. The van der Waals surface area contributed by atoms with Gasteiger partial charge in [-0.1, -0.05) is 0 Å². The first kappa shape index (κ1) is 24.3. The zero-order chi connectivity index (χ0) is 15.1. The third-order valence-electron chi connectivity index (χ3n) is 3.11. The van der Waals surface area contributed by atoms with Crippen molar-refractivity contribution in [2.45, 2.75) is 12.8 Å². The Morgan fingerprint density at radius 2 is 1.33 bits per heavy atom. The fourth-order valence-corrected chi connectivity index (χ4v) is 3.95. The van der Waals surface area contributed by atoms with Crippen molar-refractivity contribution in [1.82, 2.24) is 3.86 Å². The number of hydrogen-bond donors (Lipinski definition) is 0. The number of benzene rings is 2. The molecule has 2 aromatic carbocycles. The molecule has 0 unspecified atom stereocenters. The van der Waals surface area contributed by atoms with Crippen LogP contribution in [0.4, 0.5) is 0 Å². The molecule has 0 fully saturated rings. The Bertz CT molecular complexity index is 607. The largest absolute Gasteiger partial charge is 0.412 e. The minimum absolute atomic E-state index is 0. The van der Waals surface area contributed by atoms with Crippen LogP contribution in [-0.2, 0) is 4.79 Å². The quantitative estimate of drug-likeness (QED) is 0.487. The number of carbonyl (C=O) groups is 2. The third-order valence-corrected chi connectivity index (χ3v) is 5.57. The van der Waals surface area contributed by atoms with Crippen LogP contribution in [0.5, 0.6) is 0 Å². The molecule has 2 radical (unpaired) electrons. The van der Waals surface area contributed by atoms with Gasteiger partial charge in [-0.2, -0.15) is 0 Å². The van der Waals surface area contributed by atoms with E-state index >= 15 is 0 Å². The van der Waals surface area contributed by atoms with Gasteiger partial charge in [-0.15, -0.1) is 0 Å². The molecule has 0 heterocycles. The maximum atomic E-state index is 12.1. The van der Waals surface area contributed by atoms with Gasteiger partial charge in [0.15, 0.2) is 0 Å². The molecule has 6 nitrogen and oxygen atoms in total. The normalized spacial score (nSPS) is 8.88. The minimum Gasteiger partial charge on any atom is -0.412 e. The van der Waals surface area contributed by atoms with E-state index in [0.717, 1.165) is 0 Å². The average molecular weight is 394 g/mol. The number of amides is 1. The first-order chi connectivity index (χ1) is 10.2. The molecule has 0 spiro atoms. The first-order valence-electron chi connectivity index (χ1n) is 6.83. The first-order valence-corrected chi connectivity index (χ1v) is 8.82. The third kappa shape index (κ3) is 7.51. The number of rotatable bonds is 6. The fourth-order valence-electron chi connectivity index (χ4n) is 1.93. The molecule has 0 aliphatic rings. The van der Waals surface area contributed by atoms with Crippen LogP contribution in [0.3, 0.4) is 0 Å². The summed E-state index contributed by atoms with van der Waals surface area (Å²) in [6, 6.07) is 19.1. The standard InChI is InChI=1S/C17H17GeNO2.3H2O/c1-19(18-15-10-6-3-7-11-15)17(21)13-12-16(20)14-8-4-2-5-9-14;;;/h2-11H,12-13H2,1H3;3*1H2. The van der Waals surface area contributed by atoms with Crippen molar-refractivity contribution in [1.29, 1.82) is 0 Å². The second-order valence-corrected chi connectivity index (χ2v) is 7.81. The number of ketones is 1. The molecular formula is C17H23GeNO5. The Kier molecular flexibility index (Phi) is 12.6. The van der Waals surface area contributed by atoms with Crippen LogP contribution in [0, 0.1) is 0 Å². The minimum atomic E-state index is -0.636. The van der Waals surface area contributed by atoms with Crippen LogP contribution in [0.2, 0.25) is 0 Å². The summed E-state index contributed by atoms with van der Waals surface area (Å²) >= 11 is -0.636. The Balaban J connectivity index is 0. The fraction of sp³-hybridized carbons (Fsp3) is 0.176. The second kappa shape index (κ2) is 12.4. The van der Waals surface area contributed by atoms with Crippen LogP contribution < -0.4 is 4.40 Å². The summed E-state index contributed by atoms with van der Waals surface area (Å²) in [6.45, 7) is 0. The summed E-state index contributed by atoms with van der Waals surface area (Å²) < 4.78 is 3.00. The van der Waals surface area contributed by atoms with E-state index in [2.05, 4.69) is 0 Å². The predicted molar refractivity (Wildman–Crippen MR) is 95.4 cm³/mol. The van der Waals surface area contributed by atoms with Crippen molar-refractivity contribution >= 4 is 31.7 Å². The van der Waals surface area contributed by atoms with Gasteiger partial charge >= 0.3 is 131 Å². The molecule has 2 rings (SSSR count). The molecular weight excluding hydrogens is 371 g/mol. The van der Waals surface area contributed by atoms with E-state index in [0.29, 0.717) is 5.56 Å². The predicted octanol–water partition coefficient (Wildman–Crippen LogP) is -0.421. The molecule has 0 aliphatic carbocycles. The van der Waals surface area contributed by atoms with E-state index in [1.165, 1.54) is 4.40 Å². The molecule has 0 bridgehead atoms. The van der Waals surface area contributed by atoms with Crippen molar-refractivity contribution in [3.8, 4) is 0 Å². The van der Waals surface area contributed by atoms with Gasteiger partial charge in [-0.25, -0.2) is 0 Å². The summed E-state index contributed by atoms with van der Waals surface area (Å²) in [7, 11) is 1.82. The number of nitrogens with zero attached hydrogens (tertiary/aromatic N) is 1. The van der Waals surface area contributed by atoms with Crippen molar-refractivity contribution < 1.29 is 26.0 Å². The average Bonchev–Trinajstić information content (AvgIpc) is 2.54. The van der Waals surface area contributed by atoms with E-state index < -0.39 is 15.7 Å². The summed E-state index contributed by atoms with van der Waals surface area (Å²) in [5.74, 6) is 0.0696. The van der Waals surface area contributed by atoms with E-state index in [1.54, 1.807) is 16.0 Å². The van der Waals surface area contributed by atoms with Crippen LogP contribution in [0.1, 0.15) is 23.2 Å². The van der Waals surface area contributed by atoms with E-state index in [4.69, 9.17) is 0 Å². The molecule has 130 valence electrons. The van der Waals surface area contributed by atoms with Gasteiger partial charge in [0.2, 0.25) is 0 Å². The summed E-state index contributed by atoms with van der Waals surface area (Å²) in [5, 5.41) is 0. The van der Waals surface area contributed by atoms with Crippen LogP contribution in [0.15, 0.2) is 60.7 Å². The molecule has 0 saturated carbocycles. The Hall–Kier alpha value is -2.00. The van der Waals surface area contributed by atoms with Crippen molar-refractivity contribution in [2.24, 2.45) is 0 Å². The summed E-state index contributed by atoms with van der Waals surface area (Å²) in [5.41, 5.74) is 0.673. The SMILES string of the molecule is C[N]([Ge][c]1ccccc1)C(=O)CCC(=O)c1ccccc1.O.O.O. The number of hydrogen-bond acceptors (Lipinski definition) is 2. The summed E-state index contributed by atoms with van der Waals surface area (Å²) in [6.07, 6.45) is 0.550. The topological polar surface area (TPSA) is 132 Å². The van der Waals surface area contributed by atoms with Gasteiger partial charge in [-0.05, 0) is 0 Å². The Labute approximate surface area is 148 Å². The van der Waals surface area contributed by atoms with E-state index in [-0.39, 0.29) is 41.0 Å². The van der Waals surface area contributed by atoms with Crippen LogP contribution in [-0.4, -0.2) is 54.7 Å². The number of Topliss-reactive ketones (excluding diaryl/α,β-unsaturated/α-hetero) is 1. The smallest absolute Gasteiger partial charge is 0.412 e. The van der Waals surface area contributed by atoms with Gasteiger partial charge < -0.3 is 16.4 Å². The molecule has 1 amide bonds. The molecule has 24 heavy (non-hydrogen) atoms. The molecule has 0 aromatic heterocycles. The van der Waals surface area contributed by atoms with Gasteiger partial charge in [0, 0.05) is 0 Å². The monoisotopic (exact) mass is 395 g/mol. The van der Waals surface area contributed by atoms with Gasteiger partial charge in [-0.3, -0.25) is 0 Å². The Morgan fingerprint density at radius 3 is 1.88 bits per heavy atom. The maximum absolute atomic E-state index is 12.1. The van der Waals surface area contributed by atoms with E-state index in [9.17, 15) is 9.59 Å². The molecule has 0 saturated heterocycles. The zero-order valence-electron chi connectivity index (χ0n) is 13.5. The van der Waals surface area contributed by atoms with Gasteiger partial charge in [0.1, 0.15) is 0 Å². The summed E-state index contributed by atoms with van der Waals surface area (Å²) in [4.78, 5) is 24.1. The molecule has 7 heteroatoms. The van der Waals surface area contributed by atoms with Crippen LogP contribution >= 0.6 is 0 Å². The Morgan fingerprint density at radius 1 is 0.833 bits per heavy atom. The van der Waals surface area contributed by atoms with Crippen molar-refractivity contribution in [3.63, 3.8) is 0 Å². The number of carbonyl (C=O) groups excluding carboxylic acids is 2. The maximum Gasteiger partial charge on any atom is -0.412 e. The molecule has 0 atom stereocenters. The molecule has 2 aromatic rings. The molecule has 0 aliphatic heterocycles. The van der Waals surface area contributed by atoms with E-state index in [1.807, 2.05) is 55.6 Å². The van der Waals surface area contributed by atoms with Crippen LogP contribution in [0.25, 0.3) is 0 Å².